The van der Waals surface area contributed by atoms with Crippen LogP contribution in [0.15, 0.2) is 46.9 Å². The molecule has 0 spiro atoms. The minimum absolute atomic E-state index is 0.00831. The van der Waals surface area contributed by atoms with Gasteiger partial charge in [0.15, 0.2) is 0 Å². The fourth-order valence-corrected chi connectivity index (χ4v) is 2.93. The summed E-state index contributed by atoms with van der Waals surface area (Å²) < 4.78 is 0.812. The van der Waals surface area contributed by atoms with Crippen LogP contribution in [0.4, 0.5) is 11.4 Å². The Bertz CT molecular complexity index is 690. The summed E-state index contributed by atoms with van der Waals surface area (Å²) >= 11 is 9.38. The number of nitrogens with one attached hydrogen (secondary N) is 2. The van der Waals surface area contributed by atoms with Gasteiger partial charge in [-0.15, -0.1) is 0 Å². The molecule has 1 amide bonds. The average Bonchev–Trinajstić information content (AvgIpc) is 2.63. The summed E-state index contributed by atoms with van der Waals surface area (Å²) in [6.07, 6.45) is 1.62. The zero-order valence-electron chi connectivity index (χ0n) is 11.2. The number of benzene rings is 2. The van der Waals surface area contributed by atoms with E-state index in [2.05, 4.69) is 32.6 Å². The minimum atomic E-state index is -0.259. The van der Waals surface area contributed by atoms with E-state index in [0.717, 1.165) is 28.7 Å². The molecule has 0 aromatic heterocycles. The van der Waals surface area contributed by atoms with Gasteiger partial charge in [-0.3, -0.25) is 4.79 Å². The molecular formula is C16H14BrClN2O. The van der Waals surface area contributed by atoms with Crippen LogP contribution in [0.25, 0.3) is 0 Å². The number of fused-ring (bicyclic) bond motifs is 1. The quantitative estimate of drug-likeness (QED) is 0.824. The highest BCUT2D eigenvalue weighted by molar-refractivity contribution is 9.10. The summed E-state index contributed by atoms with van der Waals surface area (Å²) in [7, 11) is 0. The van der Waals surface area contributed by atoms with Crippen LogP contribution in [0.5, 0.6) is 0 Å². The molecule has 2 aromatic carbocycles. The van der Waals surface area contributed by atoms with E-state index < -0.39 is 0 Å². The second-order valence-corrected chi connectivity index (χ2v) is 6.27. The molecule has 0 radical (unpaired) electrons. The van der Waals surface area contributed by atoms with Crippen molar-refractivity contribution in [1.29, 1.82) is 0 Å². The summed E-state index contributed by atoms with van der Waals surface area (Å²) in [4.78, 5) is 12.3. The number of amides is 1. The number of halogens is 2. The van der Waals surface area contributed by atoms with Gasteiger partial charge in [0.05, 0.1) is 5.02 Å². The van der Waals surface area contributed by atoms with Crippen LogP contribution >= 0.6 is 27.5 Å². The molecule has 0 bridgehead atoms. The van der Waals surface area contributed by atoms with Gasteiger partial charge in [0, 0.05) is 15.8 Å². The van der Waals surface area contributed by atoms with E-state index in [0.29, 0.717) is 5.02 Å². The molecule has 1 atom stereocenters. The van der Waals surface area contributed by atoms with Gasteiger partial charge in [-0.25, -0.2) is 0 Å². The van der Waals surface area contributed by atoms with Crippen LogP contribution in [-0.2, 0) is 11.2 Å². The molecule has 0 saturated carbocycles. The maximum absolute atomic E-state index is 12.3. The predicted octanol–water partition coefficient (Wildman–Crippen LogP) is 4.47. The summed E-state index contributed by atoms with van der Waals surface area (Å²) in [5.41, 5.74) is 2.95. The first-order valence-corrected chi connectivity index (χ1v) is 7.91. The molecule has 1 heterocycles. The van der Waals surface area contributed by atoms with Crippen LogP contribution in [-0.4, -0.2) is 11.9 Å². The summed E-state index contributed by atoms with van der Waals surface area (Å²) in [5.74, 6) is -0.00831. The van der Waals surface area contributed by atoms with Crippen molar-refractivity contribution in [3.63, 3.8) is 0 Å². The fourth-order valence-electron chi connectivity index (χ4n) is 2.44. The third-order valence-corrected chi connectivity index (χ3v) is 4.77. The lowest BCUT2D eigenvalue weighted by atomic mass is 10.1. The maximum atomic E-state index is 12.3. The van der Waals surface area contributed by atoms with Gasteiger partial charge < -0.3 is 10.6 Å². The van der Waals surface area contributed by atoms with E-state index in [1.807, 2.05) is 30.3 Å². The highest BCUT2D eigenvalue weighted by Crippen LogP contribution is 2.27. The van der Waals surface area contributed by atoms with Gasteiger partial charge in [0.1, 0.15) is 6.04 Å². The molecular weight excluding hydrogens is 352 g/mol. The third kappa shape index (κ3) is 3.22. The van der Waals surface area contributed by atoms with Gasteiger partial charge in [0.25, 0.3) is 0 Å². The Balaban J connectivity index is 1.78. The number of hydrogen-bond acceptors (Lipinski definition) is 2. The molecule has 1 aliphatic rings. The molecule has 1 aliphatic heterocycles. The summed E-state index contributed by atoms with van der Waals surface area (Å²) in [6, 6.07) is 13.2. The fraction of sp³-hybridized carbons (Fsp3) is 0.188. The first-order valence-electron chi connectivity index (χ1n) is 6.74. The molecule has 108 valence electrons. The Kier molecular flexibility index (Phi) is 4.17. The highest BCUT2D eigenvalue weighted by atomic mass is 79.9. The number of rotatable bonds is 2. The van der Waals surface area contributed by atoms with Crippen LogP contribution in [0.2, 0.25) is 5.02 Å². The molecule has 5 heteroatoms. The molecule has 3 nitrogen and oxygen atoms in total. The molecule has 3 rings (SSSR count). The van der Waals surface area contributed by atoms with Crippen molar-refractivity contribution in [1.82, 2.24) is 0 Å². The monoisotopic (exact) mass is 364 g/mol. The number of para-hydroxylation sites is 1. The second-order valence-electron chi connectivity index (χ2n) is 5.01. The van der Waals surface area contributed by atoms with Crippen molar-refractivity contribution in [2.24, 2.45) is 0 Å². The van der Waals surface area contributed by atoms with Crippen LogP contribution in [0.1, 0.15) is 12.0 Å². The maximum Gasteiger partial charge on any atom is 0.246 e. The van der Waals surface area contributed by atoms with Gasteiger partial charge in [0.2, 0.25) is 5.91 Å². The minimum Gasteiger partial charge on any atom is -0.374 e. The van der Waals surface area contributed by atoms with Crippen molar-refractivity contribution >= 4 is 44.8 Å². The zero-order chi connectivity index (χ0) is 14.8. The standard InChI is InChI=1S/C16H14BrClN2O/c17-12-9-11(6-7-13(12)18)19-15-8-5-10-3-1-2-4-14(10)20-16(15)21/h1-4,6-7,9,15,19H,5,8H2,(H,20,21). The lowest BCUT2D eigenvalue weighted by Crippen LogP contribution is -2.33. The van der Waals surface area contributed by atoms with E-state index >= 15 is 0 Å². The number of hydrogen-bond donors (Lipinski definition) is 2. The number of aryl methyl sites for hydroxylation is 1. The van der Waals surface area contributed by atoms with Gasteiger partial charge in [-0.05, 0) is 58.6 Å². The third-order valence-electron chi connectivity index (χ3n) is 3.55. The van der Waals surface area contributed by atoms with Crippen molar-refractivity contribution < 1.29 is 4.79 Å². The average molecular weight is 366 g/mol. The molecule has 0 saturated heterocycles. The lowest BCUT2D eigenvalue weighted by molar-refractivity contribution is -0.116. The first kappa shape index (κ1) is 14.4. The van der Waals surface area contributed by atoms with Gasteiger partial charge in [-0.2, -0.15) is 0 Å². The zero-order valence-corrected chi connectivity index (χ0v) is 13.5. The number of anilines is 2. The van der Waals surface area contributed by atoms with E-state index in [4.69, 9.17) is 11.6 Å². The number of carbonyl (C=O) groups is 1. The molecule has 2 aromatic rings. The molecule has 2 N–H and O–H groups in total. The summed E-state index contributed by atoms with van der Waals surface area (Å²) in [6.45, 7) is 0. The molecule has 0 fully saturated rings. The molecule has 1 unspecified atom stereocenters. The van der Waals surface area contributed by atoms with E-state index in [1.165, 1.54) is 5.56 Å². The van der Waals surface area contributed by atoms with Crippen molar-refractivity contribution in [2.75, 3.05) is 10.6 Å². The summed E-state index contributed by atoms with van der Waals surface area (Å²) in [5, 5.41) is 6.90. The normalized spacial score (nSPS) is 17.6. The Morgan fingerprint density at radius 1 is 1.24 bits per heavy atom. The van der Waals surface area contributed by atoms with Crippen molar-refractivity contribution in [3.8, 4) is 0 Å². The Hall–Kier alpha value is -1.52. The van der Waals surface area contributed by atoms with Crippen molar-refractivity contribution in [2.45, 2.75) is 18.9 Å². The Labute approximate surface area is 136 Å². The molecule has 21 heavy (non-hydrogen) atoms. The Morgan fingerprint density at radius 2 is 2.05 bits per heavy atom. The Morgan fingerprint density at radius 3 is 2.86 bits per heavy atom. The SMILES string of the molecule is O=C1Nc2ccccc2CCC1Nc1ccc(Cl)c(Br)c1. The van der Waals surface area contributed by atoms with E-state index in [9.17, 15) is 4.79 Å². The number of carbonyl (C=O) groups excluding carboxylic acids is 1. The van der Waals surface area contributed by atoms with Crippen LogP contribution < -0.4 is 10.6 Å². The lowest BCUT2D eigenvalue weighted by Gasteiger charge is -2.17. The smallest absolute Gasteiger partial charge is 0.246 e. The second kappa shape index (κ2) is 6.08. The van der Waals surface area contributed by atoms with E-state index in [-0.39, 0.29) is 11.9 Å². The van der Waals surface area contributed by atoms with Gasteiger partial charge in [-0.1, -0.05) is 29.8 Å². The van der Waals surface area contributed by atoms with Crippen molar-refractivity contribution in [3.05, 3.63) is 57.5 Å². The van der Waals surface area contributed by atoms with Crippen LogP contribution in [0, 0.1) is 0 Å². The van der Waals surface area contributed by atoms with E-state index in [1.54, 1.807) is 6.07 Å². The highest BCUT2D eigenvalue weighted by Gasteiger charge is 2.23. The first-order chi connectivity index (χ1) is 10.1. The van der Waals surface area contributed by atoms with Crippen LogP contribution in [0.3, 0.4) is 0 Å². The van der Waals surface area contributed by atoms with Gasteiger partial charge >= 0.3 is 0 Å². The largest absolute Gasteiger partial charge is 0.374 e. The predicted molar refractivity (Wildman–Crippen MR) is 90.0 cm³/mol. The molecule has 0 aliphatic carbocycles. The topological polar surface area (TPSA) is 41.1 Å².